The minimum absolute atomic E-state index is 0.0586. The summed E-state index contributed by atoms with van der Waals surface area (Å²) in [7, 11) is 3.33. The molecule has 31 heavy (non-hydrogen) atoms. The molecule has 1 amide bonds. The maximum atomic E-state index is 12.9. The second-order valence-corrected chi connectivity index (χ2v) is 8.17. The molecule has 1 aliphatic rings. The molecular formula is C22H34F3N5O. The molecule has 0 bridgehead atoms. The number of likely N-dealkylation sites (tertiary alicyclic amines) is 1. The van der Waals surface area contributed by atoms with Crippen LogP contribution in [-0.2, 0) is 17.5 Å². The SMILES string of the molecule is CC(CCNC(=NCc1cccc(C(F)(F)F)c1)NCC(=O)N(C)C)N1CCCCC1. The summed E-state index contributed by atoms with van der Waals surface area (Å²) in [6.07, 6.45) is 0.274. The lowest BCUT2D eigenvalue weighted by Gasteiger charge is -2.32. The molecule has 0 radical (unpaired) electrons. The zero-order valence-electron chi connectivity index (χ0n) is 18.6. The number of hydrogen-bond acceptors (Lipinski definition) is 3. The molecule has 9 heteroatoms. The molecule has 1 fully saturated rings. The summed E-state index contributed by atoms with van der Waals surface area (Å²) < 4.78 is 38.8. The Labute approximate surface area is 182 Å². The molecule has 1 aromatic rings. The van der Waals surface area contributed by atoms with Gasteiger partial charge in [0.1, 0.15) is 0 Å². The van der Waals surface area contributed by atoms with Gasteiger partial charge in [0.25, 0.3) is 0 Å². The van der Waals surface area contributed by atoms with Crippen molar-refractivity contribution in [2.45, 2.75) is 51.4 Å². The van der Waals surface area contributed by atoms with Crippen molar-refractivity contribution in [1.29, 1.82) is 0 Å². The number of hydrogen-bond donors (Lipinski definition) is 2. The molecule has 6 nitrogen and oxygen atoms in total. The highest BCUT2D eigenvalue weighted by Crippen LogP contribution is 2.29. The predicted molar refractivity (Wildman–Crippen MR) is 117 cm³/mol. The number of piperidine rings is 1. The van der Waals surface area contributed by atoms with E-state index in [2.05, 4.69) is 27.4 Å². The van der Waals surface area contributed by atoms with Gasteiger partial charge in [-0.15, -0.1) is 0 Å². The van der Waals surface area contributed by atoms with Crippen LogP contribution < -0.4 is 10.6 Å². The van der Waals surface area contributed by atoms with Gasteiger partial charge in [-0.25, -0.2) is 4.99 Å². The topological polar surface area (TPSA) is 60.0 Å². The number of halogens is 3. The zero-order valence-corrected chi connectivity index (χ0v) is 18.6. The van der Waals surface area contributed by atoms with Crippen LogP contribution in [0.5, 0.6) is 0 Å². The number of nitrogens with zero attached hydrogens (tertiary/aromatic N) is 3. The van der Waals surface area contributed by atoms with E-state index in [-0.39, 0.29) is 19.0 Å². The van der Waals surface area contributed by atoms with Crippen LogP contribution in [0.2, 0.25) is 0 Å². The van der Waals surface area contributed by atoms with Crippen molar-refractivity contribution in [2.24, 2.45) is 4.99 Å². The lowest BCUT2D eigenvalue weighted by atomic mass is 10.1. The first kappa shape index (κ1) is 25.0. The molecule has 174 valence electrons. The van der Waals surface area contributed by atoms with Crippen molar-refractivity contribution in [1.82, 2.24) is 20.4 Å². The number of rotatable bonds is 8. The largest absolute Gasteiger partial charge is 0.416 e. The van der Waals surface area contributed by atoms with Crippen molar-refractivity contribution in [2.75, 3.05) is 40.3 Å². The minimum Gasteiger partial charge on any atom is -0.356 e. The fraction of sp³-hybridized carbons (Fsp3) is 0.636. The molecule has 2 N–H and O–H groups in total. The van der Waals surface area contributed by atoms with Crippen LogP contribution >= 0.6 is 0 Å². The molecule has 0 aromatic heterocycles. The third kappa shape index (κ3) is 8.77. The Morgan fingerprint density at radius 1 is 1.19 bits per heavy atom. The van der Waals surface area contributed by atoms with Gasteiger partial charge >= 0.3 is 6.18 Å². The maximum absolute atomic E-state index is 12.9. The van der Waals surface area contributed by atoms with Gasteiger partial charge in [0.2, 0.25) is 5.91 Å². The van der Waals surface area contributed by atoms with Crippen LogP contribution in [0.25, 0.3) is 0 Å². The number of benzene rings is 1. The summed E-state index contributed by atoms with van der Waals surface area (Å²) in [5.41, 5.74) is -0.239. The first-order valence-corrected chi connectivity index (χ1v) is 10.8. The second kappa shape index (κ2) is 11.9. The standard InChI is InChI=1S/C22H34F3N5O/c1-17(30-12-5-4-6-13-30)10-11-26-21(28-16-20(31)29(2)3)27-15-18-8-7-9-19(14-18)22(23,24)25/h7-9,14,17H,4-6,10-13,15-16H2,1-3H3,(H2,26,27,28). The van der Waals surface area contributed by atoms with Gasteiger partial charge in [0, 0.05) is 26.7 Å². The lowest BCUT2D eigenvalue weighted by molar-refractivity contribution is -0.137. The molecule has 1 unspecified atom stereocenters. The lowest BCUT2D eigenvalue weighted by Crippen LogP contribution is -2.45. The monoisotopic (exact) mass is 441 g/mol. The van der Waals surface area contributed by atoms with E-state index in [1.54, 1.807) is 20.2 Å². The van der Waals surface area contributed by atoms with E-state index >= 15 is 0 Å². The highest BCUT2D eigenvalue weighted by Gasteiger charge is 2.30. The molecule has 2 rings (SSSR count). The normalized spacial score (nSPS) is 16.6. The number of carbonyl (C=O) groups is 1. The first-order chi connectivity index (χ1) is 14.7. The van der Waals surface area contributed by atoms with Crippen molar-refractivity contribution >= 4 is 11.9 Å². The Hall–Kier alpha value is -2.29. The Morgan fingerprint density at radius 3 is 2.55 bits per heavy atom. The van der Waals surface area contributed by atoms with Crippen molar-refractivity contribution in [3.63, 3.8) is 0 Å². The van der Waals surface area contributed by atoms with E-state index < -0.39 is 11.7 Å². The van der Waals surface area contributed by atoms with Crippen LogP contribution in [0.1, 0.15) is 43.7 Å². The molecule has 0 spiro atoms. The second-order valence-electron chi connectivity index (χ2n) is 8.17. The van der Waals surface area contributed by atoms with Gasteiger partial charge in [-0.1, -0.05) is 18.6 Å². The first-order valence-electron chi connectivity index (χ1n) is 10.8. The van der Waals surface area contributed by atoms with E-state index in [0.717, 1.165) is 31.6 Å². The molecule has 0 aliphatic carbocycles. The summed E-state index contributed by atoms with van der Waals surface area (Å²) in [5, 5.41) is 6.20. The maximum Gasteiger partial charge on any atom is 0.416 e. The van der Waals surface area contributed by atoms with Gasteiger partial charge in [-0.3, -0.25) is 4.79 Å². The van der Waals surface area contributed by atoms with Gasteiger partial charge < -0.3 is 20.4 Å². The fourth-order valence-corrected chi connectivity index (χ4v) is 3.45. The van der Waals surface area contributed by atoms with E-state index in [1.165, 1.54) is 30.2 Å². The Morgan fingerprint density at radius 2 is 1.90 bits per heavy atom. The third-order valence-electron chi connectivity index (χ3n) is 5.45. The van der Waals surface area contributed by atoms with Crippen LogP contribution in [0, 0.1) is 0 Å². The van der Waals surface area contributed by atoms with E-state index in [1.807, 2.05) is 0 Å². The van der Waals surface area contributed by atoms with E-state index in [0.29, 0.717) is 24.1 Å². The summed E-state index contributed by atoms with van der Waals surface area (Å²) in [6, 6.07) is 5.57. The van der Waals surface area contributed by atoms with Crippen molar-refractivity contribution in [3.05, 3.63) is 35.4 Å². The minimum atomic E-state index is -4.39. The Balaban J connectivity index is 1.97. The number of nitrogens with one attached hydrogen (secondary N) is 2. The fourth-order valence-electron chi connectivity index (χ4n) is 3.45. The van der Waals surface area contributed by atoms with Crippen molar-refractivity contribution < 1.29 is 18.0 Å². The third-order valence-corrected chi connectivity index (χ3v) is 5.45. The number of aliphatic imine (C=N–C) groups is 1. The van der Waals surface area contributed by atoms with E-state index in [9.17, 15) is 18.0 Å². The number of likely N-dealkylation sites (N-methyl/N-ethyl adjacent to an activating group) is 1. The number of alkyl halides is 3. The van der Waals surface area contributed by atoms with Crippen LogP contribution in [-0.4, -0.2) is 68.0 Å². The molecule has 0 saturated carbocycles. The number of amides is 1. The molecule has 1 aromatic carbocycles. The molecule has 1 heterocycles. The molecule has 1 aliphatic heterocycles. The Bertz CT molecular complexity index is 730. The molecule has 1 atom stereocenters. The predicted octanol–water partition coefficient (Wildman–Crippen LogP) is 3.09. The summed E-state index contributed by atoms with van der Waals surface area (Å²) in [4.78, 5) is 20.3. The molecule has 1 saturated heterocycles. The highest BCUT2D eigenvalue weighted by molar-refractivity contribution is 5.86. The smallest absolute Gasteiger partial charge is 0.356 e. The average molecular weight is 442 g/mol. The van der Waals surface area contributed by atoms with Gasteiger partial charge in [0.15, 0.2) is 5.96 Å². The van der Waals surface area contributed by atoms with Crippen LogP contribution in [0.15, 0.2) is 29.3 Å². The van der Waals surface area contributed by atoms with E-state index in [4.69, 9.17) is 0 Å². The number of carbonyl (C=O) groups excluding carboxylic acids is 1. The van der Waals surface area contributed by atoms with Crippen molar-refractivity contribution in [3.8, 4) is 0 Å². The summed E-state index contributed by atoms with van der Waals surface area (Å²) in [5.74, 6) is 0.300. The van der Waals surface area contributed by atoms with Gasteiger partial charge in [-0.05, 0) is 57.0 Å². The quantitative estimate of drug-likeness (QED) is 0.481. The Kier molecular flexibility index (Phi) is 9.61. The van der Waals surface area contributed by atoms with Crippen LogP contribution in [0.3, 0.4) is 0 Å². The highest BCUT2D eigenvalue weighted by atomic mass is 19.4. The summed E-state index contributed by atoms with van der Waals surface area (Å²) in [6.45, 7) is 5.23. The number of guanidine groups is 1. The molecular weight excluding hydrogens is 407 g/mol. The van der Waals surface area contributed by atoms with Crippen LogP contribution in [0.4, 0.5) is 13.2 Å². The zero-order chi connectivity index (χ0) is 22.9. The average Bonchev–Trinajstić information content (AvgIpc) is 2.75. The summed E-state index contributed by atoms with van der Waals surface area (Å²) >= 11 is 0. The van der Waals surface area contributed by atoms with Gasteiger partial charge in [-0.2, -0.15) is 13.2 Å². The van der Waals surface area contributed by atoms with Gasteiger partial charge in [0.05, 0.1) is 18.7 Å².